The quantitative estimate of drug-likeness (QED) is 0.209. The van der Waals surface area contributed by atoms with Crippen molar-refractivity contribution in [1.82, 2.24) is 4.98 Å². The van der Waals surface area contributed by atoms with Crippen LogP contribution in [0.4, 0.5) is 5.69 Å². The van der Waals surface area contributed by atoms with E-state index in [-0.39, 0.29) is 5.91 Å². The van der Waals surface area contributed by atoms with Crippen LogP contribution in [0.3, 0.4) is 0 Å². The van der Waals surface area contributed by atoms with Gasteiger partial charge in [-0.25, -0.2) is 4.98 Å². The van der Waals surface area contributed by atoms with E-state index in [4.69, 9.17) is 19.2 Å². The number of amides is 1. The van der Waals surface area contributed by atoms with Gasteiger partial charge in [-0.2, -0.15) is 5.26 Å². The average molecular weight is 554 g/mol. The number of nitriles is 1. The van der Waals surface area contributed by atoms with E-state index in [1.807, 2.05) is 68.4 Å². The SMILES string of the molecule is CCC(Sc1nc(-c2ccc(OC)cc2)cc(-c2ccc(C)cc2)c1C#N)C(=O)Nc1ccc(OC)cc1OC. The molecule has 0 aliphatic heterocycles. The summed E-state index contributed by atoms with van der Waals surface area (Å²) in [7, 11) is 4.73. The molecular formula is C32H31N3O4S. The highest BCUT2D eigenvalue weighted by atomic mass is 32.2. The number of nitrogens with one attached hydrogen (secondary N) is 1. The molecule has 1 aromatic heterocycles. The molecule has 1 heterocycles. The van der Waals surface area contributed by atoms with Crippen LogP contribution in [0.1, 0.15) is 24.5 Å². The summed E-state index contributed by atoms with van der Waals surface area (Å²) in [6.45, 7) is 3.95. The summed E-state index contributed by atoms with van der Waals surface area (Å²) in [6.07, 6.45) is 0.522. The van der Waals surface area contributed by atoms with Crippen LogP contribution in [-0.4, -0.2) is 37.5 Å². The Bertz CT molecular complexity index is 1530. The molecule has 0 aliphatic rings. The van der Waals surface area contributed by atoms with Crippen LogP contribution < -0.4 is 19.5 Å². The van der Waals surface area contributed by atoms with Crippen LogP contribution >= 0.6 is 11.8 Å². The van der Waals surface area contributed by atoms with Gasteiger partial charge in [-0.1, -0.05) is 48.5 Å². The van der Waals surface area contributed by atoms with Crippen LogP contribution in [-0.2, 0) is 4.79 Å². The number of pyridine rings is 1. The van der Waals surface area contributed by atoms with E-state index in [0.717, 1.165) is 28.0 Å². The Morgan fingerprint density at radius 2 is 1.57 bits per heavy atom. The predicted molar refractivity (Wildman–Crippen MR) is 159 cm³/mol. The zero-order valence-corrected chi connectivity index (χ0v) is 24.0. The fourth-order valence-corrected chi connectivity index (χ4v) is 5.18. The smallest absolute Gasteiger partial charge is 0.238 e. The first-order chi connectivity index (χ1) is 19.4. The maximum Gasteiger partial charge on any atom is 0.238 e. The highest BCUT2D eigenvalue weighted by Crippen LogP contribution is 2.37. The molecule has 3 aromatic carbocycles. The van der Waals surface area contributed by atoms with Crippen molar-refractivity contribution in [3.05, 3.63) is 83.9 Å². The Hall–Kier alpha value is -4.48. The molecular weight excluding hydrogens is 522 g/mol. The first-order valence-corrected chi connectivity index (χ1v) is 13.6. The van der Waals surface area contributed by atoms with Crippen molar-refractivity contribution in [2.75, 3.05) is 26.6 Å². The molecule has 0 fully saturated rings. The molecule has 40 heavy (non-hydrogen) atoms. The van der Waals surface area contributed by atoms with Gasteiger partial charge < -0.3 is 19.5 Å². The third-order valence-electron chi connectivity index (χ3n) is 6.43. The monoisotopic (exact) mass is 553 g/mol. The molecule has 8 heteroatoms. The molecule has 204 valence electrons. The van der Waals surface area contributed by atoms with E-state index in [2.05, 4.69) is 11.4 Å². The van der Waals surface area contributed by atoms with Gasteiger partial charge in [0.1, 0.15) is 28.3 Å². The van der Waals surface area contributed by atoms with Gasteiger partial charge in [-0.05, 0) is 61.4 Å². The number of hydrogen-bond acceptors (Lipinski definition) is 7. The number of anilines is 1. The van der Waals surface area contributed by atoms with Crippen molar-refractivity contribution >= 4 is 23.4 Å². The number of methoxy groups -OCH3 is 3. The van der Waals surface area contributed by atoms with Gasteiger partial charge >= 0.3 is 0 Å². The van der Waals surface area contributed by atoms with E-state index in [1.54, 1.807) is 32.4 Å². The van der Waals surface area contributed by atoms with Crippen molar-refractivity contribution in [3.63, 3.8) is 0 Å². The lowest BCUT2D eigenvalue weighted by molar-refractivity contribution is -0.115. The summed E-state index contributed by atoms with van der Waals surface area (Å²) in [5, 5.41) is 13.2. The second-order valence-corrected chi connectivity index (χ2v) is 10.2. The Labute approximate surface area is 239 Å². The second kappa shape index (κ2) is 13.0. The number of hydrogen-bond donors (Lipinski definition) is 1. The van der Waals surface area contributed by atoms with Crippen LogP contribution in [0.5, 0.6) is 17.2 Å². The highest BCUT2D eigenvalue weighted by molar-refractivity contribution is 8.00. The normalized spacial score (nSPS) is 11.3. The van der Waals surface area contributed by atoms with E-state index < -0.39 is 5.25 Å². The van der Waals surface area contributed by atoms with E-state index in [1.165, 1.54) is 18.9 Å². The van der Waals surface area contributed by atoms with Crippen molar-refractivity contribution in [3.8, 4) is 45.7 Å². The van der Waals surface area contributed by atoms with Crippen LogP contribution in [0.25, 0.3) is 22.4 Å². The Morgan fingerprint density at radius 3 is 2.17 bits per heavy atom. The summed E-state index contributed by atoms with van der Waals surface area (Å²) in [6, 6.07) is 25.1. The molecule has 1 amide bonds. The number of carbonyl (C=O) groups excluding carboxylic acids is 1. The lowest BCUT2D eigenvalue weighted by Crippen LogP contribution is -2.25. The summed E-state index contributed by atoms with van der Waals surface area (Å²) in [4.78, 5) is 18.3. The lowest BCUT2D eigenvalue weighted by atomic mass is 9.98. The van der Waals surface area contributed by atoms with Gasteiger partial charge in [0.15, 0.2) is 0 Å². The predicted octanol–water partition coefficient (Wildman–Crippen LogP) is 7.13. The zero-order valence-electron chi connectivity index (χ0n) is 23.1. The molecule has 7 nitrogen and oxygen atoms in total. The van der Waals surface area contributed by atoms with E-state index in [0.29, 0.717) is 39.9 Å². The number of benzene rings is 3. The van der Waals surface area contributed by atoms with Gasteiger partial charge in [-0.3, -0.25) is 4.79 Å². The second-order valence-electron chi connectivity index (χ2n) is 9.01. The number of ether oxygens (including phenoxy) is 3. The molecule has 0 aliphatic carbocycles. The Morgan fingerprint density at radius 1 is 0.925 bits per heavy atom. The van der Waals surface area contributed by atoms with Gasteiger partial charge in [0.25, 0.3) is 0 Å². The van der Waals surface area contributed by atoms with E-state index in [9.17, 15) is 10.1 Å². The number of nitrogens with zero attached hydrogens (tertiary/aromatic N) is 2. The third kappa shape index (κ3) is 6.38. The van der Waals surface area contributed by atoms with Crippen molar-refractivity contribution in [2.24, 2.45) is 0 Å². The van der Waals surface area contributed by atoms with E-state index >= 15 is 0 Å². The minimum atomic E-state index is -0.511. The molecule has 1 N–H and O–H groups in total. The fraction of sp³-hybridized carbons (Fsp3) is 0.219. The molecule has 0 radical (unpaired) electrons. The van der Waals surface area contributed by atoms with Crippen molar-refractivity contribution in [2.45, 2.75) is 30.5 Å². The molecule has 4 aromatic rings. The van der Waals surface area contributed by atoms with Crippen molar-refractivity contribution < 1.29 is 19.0 Å². The van der Waals surface area contributed by atoms with Gasteiger partial charge in [0, 0.05) is 17.2 Å². The minimum Gasteiger partial charge on any atom is -0.497 e. The molecule has 1 atom stereocenters. The van der Waals surface area contributed by atoms with Gasteiger partial charge in [0.2, 0.25) is 5.91 Å². The van der Waals surface area contributed by atoms with Crippen LogP contribution in [0.15, 0.2) is 77.8 Å². The largest absolute Gasteiger partial charge is 0.497 e. The highest BCUT2D eigenvalue weighted by Gasteiger charge is 2.24. The molecule has 0 bridgehead atoms. The number of carbonyl (C=O) groups is 1. The average Bonchev–Trinajstić information content (AvgIpc) is 2.99. The number of aromatic nitrogens is 1. The first kappa shape index (κ1) is 28.5. The fourth-order valence-electron chi connectivity index (χ4n) is 4.16. The summed E-state index contributed by atoms with van der Waals surface area (Å²) in [5.74, 6) is 1.64. The topological polar surface area (TPSA) is 93.5 Å². The molecule has 1 unspecified atom stereocenters. The standard InChI is InChI=1S/C32H31N3O4S/c1-6-30(31(36)34-27-16-15-24(38-4)17-29(27)39-5)40-32-26(19-33)25(21-9-7-20(2)8-10-21)18-28(35-32)22-11-13-23(37-3)14-12-22/h7-18,30H,6H2,1-5H3,(H,34,36). The minimum absolute atomic E-state index is 0.214. The maximum atomic E-state index is 13.4. The zero-order chi connectivity index (χ0) is 28.6. The maximum absolute atomic E-state index is 13.4. The van der Waals surface area contributed by atoms with Crippen LogP contribution in [0.2, 0.25) is 0 Å². The third-order valence-corrected chi connectivity index (χ3v) is 7.78. The molecule has 0 saturated carbocycles. The number of thioether (sulfide) groups is 1. The van der Waals surface area contributed by atoms with Crippen LogP contribution in [0, 0.1) is 18.3 Å². The molecule has 4 rings (SSSR count). The first-order valence-electron chi connectivity index (χ1n) is 12.8. The van der Waals surface area contributed by atoms with Gasteiger partial charge in [-0.15, -0.1) is 0 Å². The summed E-state index contributed by atoms with van der Waals surface area (Å²) in [5.41, 5.74) is 5.33. The molecule has 0 spiro atoms. The van der Waals surface area contributed by atoms with Crippen molar-refractivity contribution in [1.29, 1.82) is 5.26 Å². The summed E-state index contributed by atoms with van der Waals surface area (Å²) < 4.78 is 16.0. The lowest BCUT2D eigenvalue weighted by Gasteiger charge is -2.18. The molecule has 0 saturated heterocycles. The number of rotatable bonds is 10. The van der Waals surface area contributed by atoms with Gasteiger partial charge in [0.05, 0.1) is 43.5 Å². The number of aryl methyl sites for hydroxylation is 1. The summed E-state index contributed by atoms with van der Waals surface area (Å²) >= 11 is 1.28. The Kier molecular flexibility index (Phi) is 9.31. The Balaban J connectivity index is 1.74.